The van der Waals surface area contributed by atoms with Gasteiger partial charge in [-0.05, 0) is 24.5 Å². The van der Waals surface area contributed by atoms with Crippen molar-refractivity contribution in [2.75, 3.05) is 70.5 Å². The zero-order chi connectivity index (χ0) is 18.6. The Morgan fingerprint density at radius 3 is 2.37 bits per heavy atom. The molecule has 0 aromatic heterocycles. The van der Waals surface area contributed by atoms with Crippen LogP contribution in [0, 0.1) is 0 Å². The van der Waals surface area contributed by atoms with Gasteiger partial charge in [-0.25, -0.2) is 4.79 Å². The molecule has 1 aromatic carbocycles. The third-order valence-corrected chi connectivity index (χ3v) is 5.69. The van der Waals surface area contributed by atoms with Crippen molar-refractivity contribution in [2.45, 2.75) is 12.8 Å². The highest BCUT2D eigenvalue weighted by Crippen LogP contribution is 2.26. The second-order valence-corrected chi connectivity index (χ2v) is 7.42. The monoisotopic (exact) mass is 372 g/mol. The number of nitrogens with zero attached hydrogens (tertiary/aromatic N) is 4. The summed E-state index contributed by atoms with van der Waals surface area (Å²) in [7, 11) is 0. The van der Waals surface area contributed by atoms with Crippen molar-refractivity contribution in [1.82, 2.24) is 14.7 Å². The van der Waals surface area contributed by atoms with Gasteiger partial charge in [0.15, 0.2) is 0 Å². The molecule has 3 heterocycles. The molecule has 3 aliphatic rings. The number of hydrogen-bond donors (Lipinski definition) is 0. The van der Waals surface area contributed by atoms with Gasteiger partial charge in [0.2, 0.25) is 5.91 Å². The zero-order valence-electron chi connectivity index (χ0n) is 15.8. The quantitative estimate of drug-likeness (QED) is 0.778. The van der Waals surface area contributed by atoms with E-state index < -0.39 is 0 Å². The van der Waals surface area contributed by atoms with Gasteiger partial charge in [0, 0.05) is 51.5 Å². The van der Waals surface area contributed by atoms with Crippen LogP contribution < -0.4 is 4.90 Å². The summed E-state index contributed by atoms with van der Waals surface area (Å²) in [6, 6.07) is 8.31. The van der Waals surface area contributed by atoms with Crippen LogP contribution >= 0.6 is 0 Å². The topological polar surface area (TPSA) is 56.3 Å². The van der Waals surface area contributed by atoms with Crippen LogP contribution in [0.15, 0.2) is 24.3 Å². The maximum absolute atomic E-state index is 12.9. The van der Waals surface area contributed by atoms with E-state index in [2.05, 4.69) is 11.0 Å². The van der Waals surface area contributed by atoms with E-state index in [0.29, 0.717) is 45.9 Å². The molecule has 3 aliphatic heterocycles. The predicted octanol–water partition coefficient (Wildman–Crippen LogP) is 1.04. The average molecular weight is 372 g/mol. The maximum Gasteiger partial charge on any atom is 0.320 e. The number of carbonyl (C=O) groups is 2. The third-order valence-electron chi connectivity index (χ3n) is 5.69. The van der Waals surface area contributed by atoms with Crippen LogP contribution in [0.2, 0.25) is 0 Å². The molecule has 2 fully saturated rings. The molecule has 0 atom stereocenters. The number of aryl methyl sites for hydroxylation is 1. The van der Waals surface area contributed by atoms with Crippen LogP contribution in [0.1, 0.15) is 12.0 Å². The van der Waals surface area contributed by atoms with Gasteiger partial charge in [-0.2, -0.15) is 0 Å². The van der Waals surface area contributed by atoms with Crippen LogP contribution in [-0.2, 0) is 16.0 Å². The molecular formula is C20H28N4O3. The summed E-state index contributed by atoms with van der Waals surface area (Å²) in [6.07, 6.45) is 2.06. The standard InChI is InChI=1S/C20H28N4O3/c25-19(24-7-3-5-17-4-1-2-6-18(17)24)16-21-8-10-22(11-9-21)20(26)23-12-14-27-15-13-23/h1-2,4,6H,3,5,7-16H2. The summed E-state index contributed by atoms with van der Waals surface area (Å²) in [5.41, 5.74) is 2.33. The Balaban J connectivity index is 1.29. The van der Waals surface area contributed by atoms with Crippen molar-refractivity contribution in [2.24, 2.45) is 0 Å². The number of benzene rings is 1. The van der Waals surface area contributed by atoms with Crippen molar-refractivity contribution in [3.63, 3.8) is 0 Å². The van der Waals surface area contributed by atoms with Crippen LogP contribution in [0.25, 0.3) is 0 Å². The van der Waals surface area contributed by atoms with Gasteiger partial charge in [0.05, 0.1) is 19.8 Å². The molecule has 27 heavy (non-hydrogen) atoms. The van der Waals surface area contributed by atoms with Crippen molar-refractivity contribution < 1.29 is 14.3 Å². The molecule has 0 N–H and O–H groups in total. The normalized spacial score (nSPS) is 21.1. The fourth-order valence-electron chi connectivity index (χ4n) is 4.12. The van der Waals surface area contributed by atoms with Gasteiger partial charge in [-0.3, -0.25) is 9.69 Å². The Morgan fingerprint density at radius 2 is 1.59 bits per heavy atom. The molecular weight excluding hydrogens is 344 g/mol. The van der Waals surface area contributed by atoms with Crippen molar-refractivity contribution in [1.29, 1.82) is 0 Å². The number of anilines is 1. The van der Waals surface area contributed by atoms with Crippen molar-refractivity contribution in [3.8, 4) is 0 Å². The molecule has 7 heteroatoms. The number of hydrogen-bond acceptors (Lipinski definition) is 4. The number of rotatable bonds is 2. The SMILES string of the molecule is O=C(N1CCOCC1)N1CCN(CC(=O)N2CCCc3ccccc32)CC1. The number of amides is 3. The van der Waals surface area contributed by atoms with Crippen LogP contribution in [0.4, 0.5) is 10.5 Å². The van der Waals surface area contributed by atoms with E-state index in [1.165, 1.54) is 5.56 Å². The van der Waals surface area contributed by atoms with Gasteiger partial charge in [-0.1, -0.05) is 18.2 Å². The smallest absolute Gasteiger partial charge is 0.320 e. The van der Waals surface area contributed by atoms with Crippen molar-refractivity contribution >= 4 is 17.6 Å². The van der Waals surface area contributed by atoms with Crippen molar-refractivity contribution in [3.05, 3.63) is 29.8 Å². The summed E-state index contributed by atoms with van der Waals surface area (Å²) >= 11 is 0. The maximum atomic E-state index is 12.9. The summed E-state index contributed by atoms with van der Waals surface area (Å²) in [4.78, 5) is 33.3. The van der Waals surface area contributed by atoms with Crippen LogP contribution in [0.5, 0.6) is 0 Å². The molecule has 0 spiro atoms. The average Bonchev–Trinajstić information content (AvgIpc) is 2.74. The summed E-state index contributed by atoms with van der Waals surface area (Å²) in [6.45, 7) is 6.67. The van der Waals surface area contributed by atoms with E-state index in [4.69, 9.17) is 4.74 Å². The Labute approximate surface area is 160 Å². The minimum absolute atomic E-state index is 0.106. The lowest BCUT2D eigenvalue weighted by Crippen LogP contribution is -2.56. The molecule has 146 valence electrons. The molecule has 0 saturated carbocycles. The number of morpholine rings is 1. The number of piperazine rings is 1. The first-order valence-corrected chi connectivity index (χ1v) is 9.94. The molecule has 0 aliphatic carbocycles. The van der Waals surface area contributed by atoms with Gasteiger partial charge in [0.25, 0.3) is 0 Å². The van der Waals surface area contributed by atoms with Gasteiger partial charge < -0.3 is 19.4 Å². The summed E-state index contributed by atoms with van der Waals surface area (Å²) < 4.78 is 5.32. The van der Waals surface area contributed by atoms with Gasteiger partial charge in [0.1, 0.15) is 0 Å². The fraction of sp³-hybridized carbons (Fsp3) is 0.600. The molecule has 0 radical (unpaired) electrons. The first-order valence-electron chi connectivity index (χ1n) is 9.94. The highest BCUT2D eigenvalue weighted by Gasteiger charge is 2.29. The van der Waals surface area contributed by atoms with E-state index >= 15 is 0 Å². The second kappa shape index (κ2) is 8.27. The fourth-order valence-corrected chi connectivity index (χ4v) is 4.12. The lowest BCUT2D eigenvalue weighted by molar-refractivity contribution is -0.120. The van der Waals surface area contributed by atoms with Crippen LogP contribution in [0.3, 0.4) is 0 Å². The van der Waals surface area contributed by atoms with E-state index in [9.17, 15) is 9.59 Å². The Bertz CT molecular complexity index is 682. The predicted molar refractivity (Wildman–Crippen MR) is 103 cm³/mol. The Kier molecular flexibility index (Phi) is 5.59. The zero-order valence-corrected chi connectivity index (χ0v) is 15.8. The first-order chi connectivity index (χ1) is 13.2. The highest BCUT2D eigenvalue weighted by molar-refractivity contribution is 5.96. The van der Waals surface area contributed by atoms with E-state index in [0.717, 1.165) is 38.2 Å². The minimum Gasteiger partial charge on any atom is -0.378 e. The lowest BCUT2D eigenvalue weighted by atomic mass is 10.0. The molecule has 0 unspecified atom stereocenters. The molecule has 1 aromatic rings. The Morgan fingerprint density at radius 1 is 0.889 bits per heavy atom. The molecule has 7 nitrogen and oxygen atoms in total. The van der Waals surface area contributed by atoms with Crippen LogP contribution in [-0.4, -0.2) is 92.2 Å². The number of fused-ring (bicyclic) bond motifs is 1. The molecule has 2 saturated heterocycles. The van der Waals surface area contributed by atoms with E-state index in [1.807, 2.05) is 32.9 Å². The molecule has 0 bridgehead atoms. The largest absolute Gasteiger partial charge is 0.378 e. The first kappa shape index (κ1) is 18.3. The number of ether oxygens (including phenoxy) is 1. The molecule has 4 rings (SSSR count). The third kappa shape index (κ3) is 4.09. The molecule has 3 amide bonds. The number of urea groups is 1. The van der Waals surface area contributed by atoms with Gasteiger partial charge in [-0.15, -0.1) is 0 Å². The summed E-state index contributed by atoms with van der Waals surface area (Å²) in [5.74, 6) is 0.162. The van der Waals surface area contributed by atoms with E-state index in [-0.39, 0.29) is 11.9 Å². The Hall–Kier alpha value is -2.12. The van der Waals surface area contributed by atoms with E-state index in [1.54, 1.807) is 0 Å². The second-order valence-electron chi connectivity index (χ2n) is 7.42. The number of carbonyl (C=O) groups excluding carboxylic acids is 2. The van der Waals surface area contributed by atoms with Gasteiger partial charge >= 0.3 is 6.03 Å². The minimum atomic E-state index is 0.106. The lowest BCUT2D eigenvalue weighted by Gasteiger charge is -2.39. The highest BCUT2D eigenvalue weighted by atomic mass is 16.5. The number of para-hydroxylation sites is 1. The summed E-state index contributed by atoms with van der Waals surface area (Å²) in [5, 5.41) is 0.